The molecule has 0 saturated carbocycles. The summed E-state index contributed by atoms with van der Waals surface area (Å²) in [5.74, 6) is -1.06. The quantitative estimate of drug-likeness (QED) is 0.557. The van der Waals surface area contributed by atoms with E-state index in [1.165, 1.54) is 23.5 Å². The van der Waals surface area contributed by atoms with Crippen molar-refractivity contribution in [2.24, 2.45) is 5.73 Å². The van der Waals surface area contributed by atoms with E-state index in [2.05, 4.69) is 24.1 Å². The van der Waals surface area contributed by atoms with Gasteiger partial charge in [-0.15, -0.1) is 23.7 Å². The number of nitrogens with one attached hydrogen (secondary N) is 1. The number of nitro groups is 1. The third kappa shape index (κ3) is 4.29. The Hall–Kier alpha value is -2.01. The van der Waals surface area contributed by atoms with E-state index in [0.29, 0.717) is 29.6 Å². The van der Waals surface area contributed by atoms with Crippen LogP contribution in [0.15, 0.2) is 12.1 Å². The summed E-state index contributed by atoms with van der Waals surface area (Å²) in [5, 5.41) is 13.8. The van der Waals surface area contributed by atoms with Crippen LogP contribution >= 0.6 is 35.1 Å². The van der Waals surface area contributed by atoms with Gasteiger partial charge < -0.3 is 11.1 Å². The van der Waals surface area contributed by atoms with E-state index in [1.54, 1.807) is 0 Å². The summed E-state index contributed by atoms with van der Waals surface area (Å²) < 4.78 is 0. The number of carbonyl (C=O) groups is 2. The molecule has 0 atom stereocenters. The molecule has 2 amide bonds. The molecule has 3 rings (SSSR count). The number of thiophene rings is 2. The van der Waals surface area contributed by atoms with E-state index in [0.717, 1.165) is 28.3 Å². The van der Waals surface area contributed by atoms with E-state index in [-0.39, 0.29) is 22.3 Å². The number of primary amides is 1. The normalized spacial score (nSPS) is 13.7. The molecular weight excluding hydrogens is 412 g/mol. The number of fused-ring (bicyclic) bond motifs is 1. The molecule has 0 aromatic carbocycles. The van der Waals surface area contributed by atoms with Crippen molar-refractivity contribution in [2.45, 2.75) is 32.9 Å². The van der Waals surface area contributed by atoms with Gasteiger partial charge in [0.1, 0.15) is 5.00 Å². The summed E-state index contributed by atoms with van der Waals surface area (Å²) in [7, 11) is 0. The van der Waals surface area contributed by atoms with E-state index >= 15 is 0 Å². The zero-order valence-electron chi connectivity index (χ0n) is 14.7. The lowest BCUT2D eigenvalue weighted by Crippen LogP contribution is -2.35. The molecule has 0 bridgehead atoms. The van der Waals surface area contributed by atoms with Gasteiger partial charge in [-0.25, -0.2) is 0 Å². The maximum atomic E-state index is 12.4. The summed E-state index contributed by atoms with van der Waals surface area (Å²) in [4.78, 5) is 38.1. The first kappa shape index (κ1) is 21.3. The maximum absolute atomic E-state index is 12.4. The number of halogens is 1. The zero-order chi connectivity index (χ0) is 19.0. The summed E-state index contributed by atoms with van der Waals surface area (Å²) >= 11 is 2.13. The maximum Gasteiger partial charge on any atom is 0.324 e. The lowest BCUT2D eigenvalue weighted by molar-refractivity contribution is -0.380. The van der Waals surface area contributed by atoms with Crippen molar-refractivity contribution in [2.75, 3.05) is 11.9 Å². The second-order valence-corrected chi connectivity index (χ2v) is 8.40. The van der Waals surface area contributed by atoms with Crippen LogP contribution in [0.25, 0.3) is 0 Å². The van der Waals surface area contributed by atoms with Crippen LogP contribution in [0.2, 0.25) is 0 Å². The van der Waals surface area contributed by atoms with Crippen LogP contribution < -0.4 is 11.1 Å². The first-order valence-corrected chi connectivity index (χ1v) is 9.65. The molecule has 0 unspecified atom stereocenters. The molecule has 0 spiro atoms. The Balaban J connectivity index is 0.00000261. The third-order valence-electron chi connectivity index (χ3n) is 4.29. The fraction of sp³-hybridized carbons (Fsp3) is 0.375. The first-order valence-electron chi connectivity index (χ1n) is 8.02. The molecular formula is C16H19ClN4O4S2. The minimum absolute atomic E-state index is 0. The molecule has 0 saturated heterocycles. The standard InChI is InChI=1S/C16H18N4O4S2.ClH/c1-8(2)19-6-5-9-11(7-19)26-16(13(9)14(17)21)18-15(22)10-3-4-12(25-10)20(23)24;/h3-4,8H,5-7H2,1-2H3,(H2,17,21)(H,18,22);1H. The van der Waals surface area contributed by atoms with Gasteiger partial charge in [0.25, 0.3) is 11.8 Å². The molecule has 27 heavy (non-hydrogen) atoms. The molecule has 8 nitrogen and oxygen atoms in total. The number of hydrogen-bond donors (Lipinski definition) is 2. The molecule has 3 N–H and O–H groups in total. The fourth-order valence-electron chi connectivity index (χ4n) is 2.93. The highest BCUT2D eigenvalue weighted by Gasteiger charge is 2.29. The summed E-state index contributed by atoms with van der Waals surface area (Å²) in [6.45, 7) is 5.75. The summed E-state index contributed by atoms with van der Waals surface area (Å²) in [6.07, 6.45) is 0.697. The monoisotopic (exact) mass is 430 g/mol. The number of hydrogen-bond acceptors (Lipinski definition) is 7. The smallest absolute Gasteiger partial charge is 0.324 e. The number of carbonyl (C=O) groups excluding carboxylic acids is 2. The van der Waals surface area contributed by atoms with Crippen molar-refractivity contribution >= 4 is 56.9 Å². The van der Waals surface area contributed by atoms with Gasteiger partial charge >= 0.3 is 5.00 Å². The van der Waals surface area contributed by atoms with Crippen LogP contribution in [0.1, 0.15) is 44.3 Å². The molecule has 1 aliphatic heterocycles. The minimum atomic E-state index is -0.576. The number of anilines is 1. The average molecular weight is 431 g/mol. The Morgan fingerprint density at radius 1 is 1.33 bits per heavy atom. The van der Waals surface area contributed by atoms with Crippen molar-refractivity contribution in [3.05, 3.63) is 43.1 Å². The molecule has 2 aromatic heterocycles. The van der Waals surface area contributed by atoms with E-state index in [1.807, 2.05) is 0 Å². The van der Waals surface area contributed by atoms with Crippen LogP contribution in [0.3, 0.4) is 0 Å². The van der Waals surface area contributed by atoms with Crippen LogP contribution in [-0.2, 0) is 13.0 Å². The molecule has 146 valence electrons. The van der Waals surface area contributed by atoms with E-state index in [4.69, 9.17) is 5.73 Å². The highest BCUT2D eigenvalue weighted by Crippen LogP contribution is 2.38. The van der Waals surface area contributed by atoms with Crippen molar-refractivity contribution in [3.8, 4) is 0 Å². The van der Waals surface area contributed by atoms with Gasteiger partial charge in [-0.3, -0.25) is 24.6 Å². The Bertz CT molecular complexity index is 893. The number of amides is 2. The van der Waals surface area contributed by atoms with Gasteiger partial charge in [0.15, 0.2) is 0 Å². The molecule has 0 aliphatic carbocycles. The van der Waals surface area contributed by atoms with Gasteiger partial charge in [0, 0.05) is 30.1 Å². The molecule has 0 fully saturated rings. The molecule has 3 heterocycles. The average Bonchev–Trinajstić information content (AvgIpc) is 3.18. The topological polar surface area (TPSA) is 119 Å². The number of rotatable bonds is 5. The third-order valence-corrected chi connectivity index (χ3v) is 6.45. The van der Waals surface area contributed by atoms with Crippen LogP contribution in [0.4, 0.5) is 10.0 Å². The highest BCUT2D eigenvalue weighted by atomic mass is 35.5. The minimum Gasteiger partial charge on any atom is -0.365 e. The fourth-order valence-corrected chi connectivity index (χ4v) is 4.91. The summed E-state index contributed by atoms with van der Waals surface area (Å²) in [6, 6.07) is 3.07. The van der Waals surface area contributed by atoms with Gasteiger partial charge in [0.05, 0.1) is 15.4 Å². The SMILES string of the molecule is CC(C)N1CCc2c(sc(NC(=O)c3ccc([N+](=O)[O-])s3)c2C(N)=O)C1.Cl. The zero-order valence-corrected chi connectivity index (χ0v) is 17.1. The van der Waals surface area contributed by atoms with Gasteiger partial charge in [-0.05, 0) is 31.9 Å². The van der Waals surface area contributed by atoms with Crippen molar-refractivity contribution in [1.82, 2.24) is 4.90 Å². The van der Waals surface area contributed by atoms with Crippen LogP contribution in [0, 0.1) is 10.1 Å². The van der Waals surface area contributed by atoms with Gasteiger partial charge in [-0.2, -0.15) is 0 Å². The van der Waals surface area contributed by atoms with Crippen molar-refractivity contribution in [1.29, 1.82) is 0 Å². The lowest BCUT2D eigenvalue weighted by Gasteiger charge is -2.30. The Kier molecular flexibility index (Phi) is 6.58. The Labute approximate surface area is 169 Å². The highest BCUT2D eigenvalue weighted by molar-refractivity contribution is 7.18. The number of nitrogens with zero attached hydrogens (tertiary/aromatic N) is 2. The van der Waals surface area contributed by atoms with Crippen molar-refractivity contribution in [3.63, 3.8) is 0 Å². The van der Waals surface area contributed by atoms with Crippen LogP contribution in [0.5, 0.6) is 0 Å². The molecule has 2 aromatic rings. The van der Waals surface area contributed by atoms with Crippen molar-refractivity contribution < 1.29 is 14.5 Å². The lowest BCUT2D eigenvalue weighted by atomic mass is 10.0. The van der Waals surface area contributed by atoms with Gasteiger partial charge in [0.2, 0.25) is 0 Å². The second-order valence-electron chi connectivity index (χ2n) is 6.24. The van der Waals surface area contributed by atoms with E-state index < -0.39 is 16.7 Å². The van der Waals surface area contributed by atoms with E-state index in [9.17, 15) is 19.7 Å². The molecule has 11 heteroatoms. The predicted octanol–water partition coefficient (Wildman–Crippen LogP) is 3.26. The predicted molar refractivity (Wildman–Crippen MR) is 108 cm³/mol. The molecule has 1 aliphatic rings. The van der Waals surface area contributed by atoms with Gasteiger partial charge in [-0.1, -0.05) is 11.3 Å². The largest absolute Gasteiger partial charge is 0.365 e. The Morgan fingerprint density at radius 2 is 2.04 bits per heavy atom. The number of nitrogens with two attached hydrogens (primary N) is 1. The molecule has 0 radical (unpaired) electrons. The summed E-state index contributed by atoms with van der Waals surface area (Å²) in [5.41, 5.74) is 6.80. The first-order chi connectivity index (χ1) is 12.3. The Morgan fingerprint density at radius 3 is 2.59 bits per heavy atom. The van der Waals surface area contributed by atoms with Crippen LogP contribution in [-0.4, -0.2) is 34.2 Å². The second kappa shape index (κ2) is 8.34.